The monoisotopic (exact) mass is 193 g/mol. The number of rotatable bonds is 5. The lowest BCUT2D eigenvalue weighted by Gasteiger charge is -2.03. The van der Waals surface area contributed by atoms with E-state index in [9.17, 15) is 9.90 Å². The fourth-order valence-corrected chi connectivity index (χ4v) is 1.37. The number of carboxylic acids is 1. The van der Waals surface area contributed by atoms with E-state index in [0.29, 0.717) is 0 Å². The molecule has 1 heterocycles. The third kappa shape index (κ3) is 3.17. The first kappa shape index (κ1) is 10.7. The summed E-state index contributed by atoms with van der Waals surface area (Å²) < 4.78 is 1.97. The molecule has 1 aromatic heterocycles. The zero-order valence-corrected chi connectivity index (χ0v) is 8.40. The lowest BCUT2D eigenvalue weighted by Crippen LogP contribution is -2.40. The van der Waals surface area contributed by atoms with Crippen LogP contribution in [0.2, 0.25) is 0 Å². The standard InChI is InChI=1S/C11H15NO2/c1-2-3-7-12-8-5-4-6-10(12)9-11(13)14/h4-6,8H,2-3,7,9H2,1H3. The van der Waals surface area contributed by atoms with E-state index in [1.165, 1.54) is 0 Å². The van der Waals surface area contributed by atoms with Crippen molar-refractivity contribution in [2.24, 2.45) is 0 Å². The molecule has 0 atom stereocenters. The second-order valence-electron chi connectivity index (χ2n) is 3.29. The van der Waals surface area contributed by atoms with Gasteiger partial charge in [0.15, 0.2) is 11.9 Å². The number of nitrogens with zero attached hydrogens (tertiary/aromatic N) is 1. The van der Waals surface area contributed by atoms with E-state index in [1.54, 1.807) is 0 Å². The van der Waals surface area contributed by atoms with Crippen molar-refractivity contribution in [3.05, 3.63) is 30.1 Å². The normalized spacial score (nSPS) is 10.1. The molecule has 0 saturated heterocycles. The summed E-state index contributed by atoms with van der Waals surface area (Å²) in [6.45, 7) is 2.99. The molecule has 1 aromatic rings. The topological polar surface area (TPSA) is 44.0 Å². The molecule has 0 aliphatic rings. The van der Waals surface area contributed by atoms with Gasteiger partial charge in [0.1, 0.15) is 6.54 Å². The SMILES string of the molecule is CCCC[n+]1ccccc1CC(=O)[O-]. The van der Waals surface area contributed by atoms with Gasteiger partial charge in [-0.2, -0.15) is 0 Å². The number of aromatic nitrogens is 1. The maximum absolute atomic E-state index is 10.5. The summed E-state index contributed by atoms with van der Waals surface area (Å²) in [4.78, 5) is 10.5. The van der Waals surface area contributed by atoms with Crippen molar-refractivity contribution in [2.45, 2.75) is 32.7 Å². The molecule has 1 rings (SSSR count). The van der Waals surface area contributed by atoms with E-state index in [-0.39, 0.29) is 6.42 Å². The molecule has 14 heavy (non-hydrogen) atoms. The van der Waals surface area contributed by atoms with Gasteiger partial charge in [-0.25, -0.2) is 4.57 Å². The molecule has 0 fully saturated rings. The molecule has 0 N–H and O–H groups in total. The van der Waals surface area contributed by atoms with Crippen LogP contribution >= 0.6 is 0 Å². The summed E-state index contributed by atoms with van der Waals surface area (Å²) in [7, 11) is 0. The van der Waals surface area contributed by atoms with Crippen molar-refractivity contribution in [1.82, 2.24) is 0 Å². The minimum atomic E-state index is -1.03. The highest BCUT2D eigenvalue weighted by molar-refractivity contribution is 5.66. The van der Waals surface area contributed by atoms with E-state index >= 15 is 0 Å². The largest absolute Gasteiger partial charge is 0.550 e. The van der Waals surface area contributed by atoms with Crippen LogP contribution < -0.4 is 9.67 Å². The van der Waals surface area contributed by atoms with Gasteiger partial charge in [0, 0.05) is 18.6 Å². The Hall–Kier alpha value is -1.38. The number of unbranched alkanes of at least 4 members (excludes halogenated alkanes) is 1. The van der Waals surface area contributed by atoms with E-state index in [2.05, 4.69) is 6.92 Å². The molecule has 0 amide bonds. The van der Waals surface area contributed by atoms with Crippen molar-refractivity contribution in [3.63, 3.8) is 0 Å². The highest BCUT2D eigenvalue weighted by Crippen LogP contribution is 1.94. The fraction of sp³-hybridized carbons (Fsp3) is 0.455. The zero-order valence-electron chi connectivity index (χ0n) is 8.40. The van der Waals surface area contributed by atoms with Gasteiger partial charge >= 0.3 is 0 Å². The summed E-state index contributed by atoms with van der Waals surface area (Å²) >= 11 is 0. The molecule has 0 aliphatic carbocycles. The minimum Gasteiger partial charge on any atom is -0.550 e. The second-order valence-corrected chi connectivity index (χ2v) is 3.29. The molecule has 76 valence electrons. The Kier molecular flexibility index (Phi) is 4.11. The minimum absolute atomic E-state index is 0.00937. The van der Waals surface area contributed by atoms with Gasteiger partial charge in [0.25, 0.3) is 0 Å². The molecular formula is C11H15NO2. The van der Waals surface area contributed by atoms with Gasteiger partial charge in [0.2, 0.25) is 0 Å². The van der Waals surface area contributed by atoms with Crippen LogP contribution in [0, 0.1) is 0 Å². The molecule has 0 spiro atoms. The third-order valence-electron chi connectivity index (χ3n) is 2.11. The van der Waals surface area contributed by atoms with Crippen molar-refractivity contribution < 1.29 is 14.5 Å². The number of aryl methyl sites for hydroxylation is 1. The van der Waals surface area contributed by atoms with Gasteiger partial charge in [-0.15, -0.1) is 0 Å². The number of hydrogen-bond acceptors (Lipinski definition) is 2. The van der Waals surface area contributed by atoms with Crippen LogP contribution in [0.5, 0.6) is 0 Å². The number of pyridine rings is 1. The summed E-state index contributed by atoms with van der Waals surface area (Å²) in [5.41, 5.74) is 0.806. The molecular weight excluding hydrogens is 178 g/mol. The predicted molar refractivity (Wildman–Crippen MR) is 50.3 cm³/mol. The molecule has 0 aliphatic heterocycles. The van der Waals surface area contributed by atoms with Crippen LogP contribution in [0.3, 0.4) is 0 Å². The van der Waals surface area contributed by atoms with Crippen molar-refractivity contribution in [2.75, 3.05) is 0 Å². The Balaban J connectivity index is 2.74. The highest BCUT2D eigenvalue weighted by atomic mass is 16.4. The first-order valence-corrected chi connectivity index (χ1v) is 4.91. The van der Waals surface area contributed by atoms with Crippen LogP contribution in [0.25, 0.3) is 0 Å². The highest BCUT2D eigenvalue weighted by Gasteiger charge is 2.08. The maximum atomic E-state index is 10.5. The second kappa shape index (κ2) is 5.37. The van der Waals surface area contributed by atoms with Crippen LogP contribution in [0.15, 0.2) is 24.4 Å². The average Bonchev–Trinajstić information content (AvgIpc) is 2.16. The Morgan fingerprint density at radius 1 is 1.50 bits per heavy atom. The summed E-state index contributed by atoms with van der Waals surface area (Å²) in [5, 5.41) is 10.5. The molecule has 0 bridgehead atoms. The van der Waals surface area contributed by atoms with Crippen LogP contribution in [0.1, 0.15) is 25.5 Å². The summed E-state index contributed by atoms with van der Waals surface area (Å²) in [6.07, 6.45) is 4.07. The number of carbonyl (C=O) groups is 1. The number of hydrogen-bond donors (Lipinski definition) is 0. The molecule has 3 nitrogen and oxygen atoms in total. The van der Waals surface area contributed by atoms with Gasteiger partial charge in [-0.05, 0) is 0 Å². The lowest BCUT2D eigenvalue weighted by molar-refractivity contribution is -0.704. The van der Waals surface area contributed by atoms with Crippen molar-refractivity contribution in [3.8, 4) is 0 Å². The van der Waals surface area contributed by atoms with Gasteiger partial charge in [0.05, 0.1) is 12.4 Å². The molecule has 0 radical (unpaired) electrons. The first-order chi connectivity index (χ1) is 6.74. The lowest BCUT2D eigenvalue weighted by atomic mass is 10.2. The van der Waals surface area contributed by atoms with E-state index < -0.39 is 5.97 Å². The van der Waals surface area contributed by atoms with Crippen LogP contribution in [-0.4, -0.2) is 5.97 Å². The molecule has 0 aromatic carbocycles. The Morgan fingerprint density at radius 3 is 2.93 bits per heavy atom. The van der Waals surface area contributed by atoms with Gasteiger partial charge in [-0.1, -0.05) is 19.4 Å². The van der Waals surface area contributed by atoms with Crippen molar-refractivity contribution in [1.29, 1.82) is 0 Å². The number of carboxylic acid groups (broad SMARTS) is 1. The van der Waals surface area contributed by atoms with E-state index in [0.717, 1.165) is 25.1 Å². The Labute approximate surface area is 84.0 Å². The first-order valence-electron chi connectivity index (χ1n) is 4.91. The fourth-order valence-electron chi connectivity index (χ4n) is 1.37. The van der Waals surface area contributed by atoms with E-state index in [1.807, 2.05) is 29.0 Å². The summed E-state index contributed by atoms with van der Waals surface area (Å²) in [6, 6.07) is 5.58. The Bertz CT molecular complexity index is 310. The predicted octanol–water partition coefficient (Wildman–Crippen LogP) is 0.0666. The van der Waals surface area contributed by atoms with Crippen molar-refractivity contribution >= 4 is 5.97 Å². The Morgan fingerprint density at radius 2 is 2.29 bits per heavy atom. The third-order valence-corrected chi connectivity index (χ3v) is 2.11. The quantitative estimate of drug-likeness (QED) is 0.621. The van der Waals surface area contributed by atoms with Crippen LogP contribution in [-0.2, 0) is 17.8 Å². The maximum Gasteiger partial charge on any atom is 0.186 e. The number of carbonyl (C=O) groups excluding carboxylic acids is 1. The van der Waals surface area contributed by atoms with Crippen LogP contribution in [0.4, 0.5) is 0 Å². The molecule has 3 heteroatoms. The zero-order chi connectivity index (χ0) is 10.4. The van der Waals surface area contributed by atoms with Gasteiger partial charge < -0.3 is 9.90 Å². The summed E-state index contributed by atoms with van der Waals surface area (Å²) in [5.74, 6) is -1.03. The average molecular weight is 193 g/mol. The smallest absolute Gasteiger partial charge is 0.186 e. The van der Waals surface area contributed by atoms with Gasteiger partial charge in [-0.3, -0.25) is 0 Å². The van der Waals surface area contributed by atoms with E-state index in [4.69, 9.17) is 0 Å². The number of aliphatic carboxylic acids is 1. The molecule has 0 saturated carbocycles. The molecule has 0 unspecified atom stereocenters.